The molecule has 0 saturated carbocycles. The van der Waals surface area contributed by atoms with E-state index in [0.29, 0.717) is 0 Å². The Labute approximate surface area is 73.4 Å². The second kappa shape index (κ2) is 3.40. The van der Waals surface area contributed by atoms with Gasteiger partial charge in [0.15, 0.2) is 23.1 Å². The Balaban J connectivity index is 3.26. The molecule has 0 aliphatic rings. The van der Waals surface area contributed by atoms with E-state index in [9.17, 15) is 9.18 Å². The first-order valence-corrected chi connectivity index (χ1v) is 3.51. The molecule has 0 aliphatic heterocycles. The fourth-order valence-electron chi connectivity index (χ4n) is 0.890. The zero-order valence-corrected chi connectivity index (χ0v) is 6.62. The van der Waals surface area contributed by atoms with Crippen LogP contribution < -0.4 is 5.73 Å². The van der Waals surface area contributed by atoms with Crippen molar-refractivity contribution >= 4 is 5.78 Å². The highest BCUT2D eigenvalue weighted by molar-refractivity contribution is 6.00. The van der Waals surface area contributed by atoms with E-state index in [1.54, 1.807) is 0 Å². The SMILES string of the molecule is NCC(=O)c1ccc(F)c(O)c1O. The molecule has 0 unspecified atom stereocenters. The molecule has 0 radical (unpaired) electrons. The van der Waals surface area contributed by atoms with Crippen molar-refractivity contribution in [3.63, 3.8) is 0 Å². The Morgan fingerprint density at radius 3 is 2.54 bits per heavy atom. The second-order valence-electron chi connectivity index (χ2n) is 2.42. The summed E-state index contributed by atoms with van der Waals surface area (Å²) in [6.45, 7) is -0.307. The van der Waals surface area contributed by atoms with Gasteiger partial charge in [0.25, 0.3) is 0 Å². The first-order chi connectivity index (χ1) is 6.07. The molecule has 0 aliphatic carbocycles. The predicted molar refractivity (Wildman–Crippen MR) is 43.1 cm³/mol. The summed E-state index contributed by atoms with van der Waals surface area (Å²) in [6.07, 6.45) is 0. The molecule has 0 spiro atoms. The summed E-state index contributed by atoms with van der Waals surface area (Å²) < 4.78 is 12.6. The van der Waals surface area contributed by atoms with Crippen LogP contribution in [0.3, 0.4) is 0 Å². The van der Waals surface area contributed by atoms with Crippen molar-refractivity contribution in [3.05, 3.63) is 23.5 Å². The highest BCUT2D eigenvalue weighted by atomic mass is 19.1. The van der Waals surface area contributed by atoms with E-state index in [4.69, 9.17) is 15.9 Å². The highest BCUT2D eigenvalue weighted by Crippen LogP contribution is 2.31. The van der Waals surface area contributed by atoms with E-state index < -0.39 is 23.1 Å². The molecule has 0 bridgehead atoms. The lowest BCUT2D eigenvalue weighted by atomic mass is 10.1. The molecule has 70 valence electrons. The van der Waals surface area contributed by atoms with E-state index in [0.717, 1.165) is 12.1 Å². The van der Waals surface area contributed by atoms with Gasteiger partial charge >= 0.3 is 0 Å². The van der Waals surface area contributed by atoms with Gasteiger partial charge < -0.3 is 15.9 Å². The average molecular weight is 185 g/mol. The third kappa shape index (κ3) is 1.59. The number of carbonyl (C=O) groups excluding carboxylic acids is 1. The molecule has 5 heteroatoms. The molecule has 1 aromatic carbocycles. The van der Waals surface area contributed by atoms with Gasteiger partial charge in [0.05, 0.1) is 12.1 Å². The zero-order valence-electron chi connectivity index (χ0n) is 6.62. The third-order valence-corrected chi connectivity index (χ3v) is 1.59. The number of hydrogen-bond donors (Lipinski definition) is 3. The van der Waals surface area contributed by atoms with Crippen LogP contribution in [-0.4, -0.2) is 22.5 Å². The Morgan fingerprint density at radius 1 is 1.38 bits per heavy atom. The number of nitrogens with two attached hydrogens (primary N) is 1. The molecule has 0 fully saturated rings. The summed E-state index contributed by atoms with van der Waals surface area (Å²) in [5, 5.41) is 18.0. The first kappa shape index (κ1) is 9.47. The smallest absolute Gasteiger partial charge is 0.194 e. The van der Waals surface area contributed by atoms with Gasteiger partial charge in [0.1, 0.15) is 0 Å². The fourth-order valence-corrected chi connectivity index (χ4v) is 0.890. The molecular weight excluding hydrogens is 177 g/mol. The maximum atomic E-state index is 12.6. The number of Topliss-reactive ketones (excluding diaryl/α,β-unsaturated/α-hetero) is 1. The number of hydrogen-bond acceptors (Lipinski definition) is 4. The van der Waals surface area contributed by atoms with E-state index in [1.807, 2.05) is 0 Å². The first-order valence-electron chi connectivity index (χ1n) is 3.51. The van der Waals surface area contributed by atoms with Crippen LogP contribution in [0.1, 0.15) is 10.4 Å². The summed E-state index contributed by atoms with van der Waals surface area (Å²) in [6, 6.07) is 1.96. The average Bonchev–Trinajstić information content (AvgIpc) is 2.13. The van der Waals surface area contributed by atoms with Crippen LogP contribution in [0.15, 0.2) is 12.1 Å². The van der Waals surface area contributed by atoms with E-state index in [-0.39, 0.29) is 12.1 Å². The largest absolute Gasteiger partial charge is 0.504 e. The number of aromatic hydroxyl groups is 2. The van der Waals surface area contributed by atoms with Crippen LogP contribution >= 0.6 is 0 Å². The second-order valence-corrected chi connectivity index (χ2v) is 2.42. The molecule has 0 amide bonds. The summed E-state index contributed by atoms with van der Waals surface area (Å²) in [7, 11) is 0. The van der Waals surface area contributed by atoms with Crippen LogP contribution in [0.4, 0.5) is 4.39 Å². The Kier molecular flexibility index (Phi) is 2.48. The highest BCUT2D eigenvalue weighted by Gasteiger charge is 2.15. The maximum Gasteiger partial charge on any atom is 0.194 e. The van der Waals surface area contributed by atoms with Gasteiger partial charge in [0.2, 0.25) is 0 Å². The van der Waals surface area contributed by atoms with E-state index in [1.165, 1.54) is 0 Å². The number of phenolic OH excluding ortho intramolecular Hbond substituents is 2. The van der Waals surface area contributed by atoms with Crippen LogP contribution in [0.5, 0.6) is 11.5 Å². The van der Waals surface area contributed by atoms with Gasteiger partial charge in [-0.3, -0.25) is 4.79 Å². The van der Waals surface area contributed by atoms with E-state index in [2.05, 4.69) is 0 Å². The lowest BCUT2D eigenvalue weighted by Crippen LogP contribution is -2.13. The monoisotopic (exact) mass is 185 g/mol. The van der Waals surface area contributed by atoms with Gasteiger partial charge in [-0.15, -0.1) is 0 Å². The van der Waals surface area contributed by atoms with E-state index >= 15 is 0 Å². The lowest BCUT2D eigenvalue weighted by molar-refractivity contribution is 0.0998. The number of phenols is 2. The van der Waals surface area contributed by atoms with Crippen LogP contribution in [0.25, 0.3) is 0 Å². The molecule has 0 atom stereocenters. The quantitative estimate of drug-likeness (QED) is 0.459. The van der Waals surface area contributed by atoms with Crippen molar-refractivity contribution in [2.75, 3.05) is 6.54 Å². The molecule has 4 nitrogen and oxygen atoms in total. The molecule has 4 N–H and O–H groups in total. The standard InChI is InChI=1S/C8H8FNO3/c9-5-2-1-4(6(11)3-10)7(12)8(5)13/h1-2,12-13H,3,10H2. The Bertz CT molecular complexity index is 351. The van der Waals surface area contributed by atoms with Gasteiger partial charge in [-0.25, -0.2) is 4.39 Å². The maximum absolute atomic E-state index is 12.6. The fraction of sp³-hybridized carbons (Fsp3) is 0.125. The molecule has 0 heterocycles. The Hall–Kier alpha value is -1.62. The van der Waals surface area contributed by atoms with Crippen LogP contribution in [0, 0.1) is 5.82 Å². The van der Waals surface area contributed by atoms with Gasteiger partial charge in [-0.05, 0) is 12.1 Å². The number of carbonyl (C=O) groups is 1. The topological polar surface area (TPSA) is 83.6 Å². The summed E-state index contributed by atoms with van der Waals surface area (Å²) in [5.41, 5.74) is 4.85. The van der Waals surface area contributed by atoms with Crippen molar-refractivity contribution in [1.29, 1.82) is 0 Å². The molecule has 1 aromatic rings. The molecule has 13 heavy (non-hydrogen) atoms. The summed E-state index contributed by atoms with van der Waals surface area (Å²) in [4.78, 5) is 11.0. The van der Waals surface area contributed by atoms with Crippen LogP contribution in [-0.2, 0) is 0 Å². The van der Waals surface area contributed by atoms with Crippen molar-refractivity contribution in [1.82, 2.24) is 0 Å². The summed E-state index contributed by atoms with van der Waals surface area (Å²) >= 11 is 0. The number of ketones is 1. The minimum Gasteiger partial charge on any atom is -0.504 e. The van der Waals surface area contributed by atoms with Crippen LogP contribution in [0.2, 0.25) is 0 Å². The summed E-state index contributed by atoms with van der Waals surface area (Å²) in [5.74, 6) is -3.24. The van der Waals surface area contributed by atoms with Crippen molar-refractivity contribution in [3.8, 4) is 11.5 Å². The molecular formula is C8H8FNO3. The molecule has 1 rings (SSSR count). The minimum atomic E-state index is -0.980. The molecule has 0 aromatic heterocycles. The van der Waals surface area contributed by atoms with Crippen molar-refractivity contribution in [2.24, 2.45) is 5.73 Å². The molecule has 0 saturated heterocycles. The van der Waals surface area contributed by atoms with Gasteiger partial charge in [0, 0.05) is 0 Å². The normalized spacial score (nSPS) is 10.0. The Morgan fingerprint density at radius 2 is 2.00 bits per heavy atom. The number of halogens is 1. The number of benzene rings is 1. The minimum absolute atomic E-state index is 0.179. The third-order valence-electron chi connectivity index (χ3n) is 1.59. The van der Waals surface area contributed by atoms with Crippen molar-refractivity contribution in [2.45, 2.75) is 0 Å². The van der Waals surface area contributed by atoms with Gasteiger partial charge in [-0.2, -0.15) is 0 Å². The zero-order chi connectivity index (χ0) is 10.0. The lowest BCUT2D eigenvalue weighted by Gasteiger charge is -2.03. The van der Waals surface area contributed by atoms with Crippen molar-refractivity contribution < 1.29 is 19.4 Å². The predicted octanol–water partition coefficient (Wildman–Crippen LogP) is 0.378. The number of rotatable bonds is 2. The van der Waals surface area contributed by atoms with Gasteiger partial charge in [-0.1, -0.05) is 0 Å².